The van der Waals surface area contributed by atoms with E-state index in [1.807, 2.05) is 0 Å². The van der Waals surface area contributed by atoms with Crippen molar-refractivity contribution in [3.05, 3.63) is 82.7 Å². The maximum atomic E-state index is 13.2. The molecule has 4 rings (SSSR count). The van der Waals surface area contributed by atoms with Crippen molar-refractivity contribution >= 4 is 44.4 Å². The Labute approximate surface area is 262 Å². The number of alkyl halides is 6. The lowest BCUT2D eigenvalue weighted by molar-refractivity contribution is -0.143. The summed E-state index contributed by atoms with van der Waals surface area (Å²) in [7, 11) is -4.12. The topological polar surface area (TPSA) is 120 Å². The maximum Gasteiger partial charge on any atom is 0.416 e. The third kappa shape index (κ3) is 8.56. The molecule has 0 aliphatic carbocycles. The molecule has 0 radical (unpaired) electrons. The van der Waals surface area contributed by atoms with Gasteiger partial charge in [-0.2, -0.15) is 26.3 Å². The number of rotatable bonds is 9. The largest absolute Gasteiger partial charge is 0.504 e. The van der Waals surface area contributed by atoms with Gasteiger partial charge in [0, 0.05) is 36.0 Å². The maximum absolute atomic E-state index is 13.2. The van der Waals surface area contributed by atoms with Crippen molar-refractivity contribution in [1.29, 1.82) is 0 Å². The first-order valence-corrected chi connectivity index (χ1v) is 15.4. The zero-order chi connectivity index (χ0) is 33.2. The lowest BCUT2D eigenvalue weighted by Gasteiger charge is -2.16. The fourth-order valence-electron chi connectivity index (χ4n) is 3.96. The molecule has 0 atom stereocenters. The minimum atomic E-state index is -5.04. The number of phenols is 2. The van der Waals surface area contributed by atoms with E-state index in [2.05, 4.69) is 15.4 Å². The van der Waals surface area contributed by atoms with Gasteiger partial charge in [0.25, 0.3) is 10.0 Å². The number of benzene rings is 3. The van der Waals surface area contributed by atoms with Crippen LogP contribution in [0, 0.1) is 6.92 Å². The second kappa shape index (κ2) is 13.1. The van der Waals surface area contributed by atoms with Gasteiger partial charge in [-0.15, -0.1) is 11.3 Å². The lowest BCUT2D eigenvalue weighted by Crippen LogP contribution is -2.36. The third-order valence-corrected chi connectivity index (χ3v) is 9.22. The summed E-state index contributed by atoms with van der Waals surface area (Å²) in [6.07, 6.45) is -10.1. The molecule has 1 aromatic heterocycles. The summed E-state index contributed by atoms with van der Waals surface area (Å²) < 4.78 is 113. The number of thiophene rings is 1. The van der Waals surface area contributed by atoms with Crippen LogP contribution in [0.5, 0.6) is 23.0 Å². The number of nitrogens with one attached hydrogen (secondary N) is 3. The van der Waals surface area contributed by atoms with Gasteiger partial charge in [-0.05, 0) is 72.5 Å². The Hall–Kier alpha value is -4.06. The second-order valence-corrected chi connectivity index (χ2v) is 12.7. The average molecular weight is 692 g/mol. The van der Waals surface area contributed by atoms with E-state index in [0.717, 1.165) is 16.9 Å². The quantitative estimate of drug-likeness (QED) is 0.0540. The summed E-state index contributed by atoms with van der Waals surface area (Å²) in [5.41, 5.74) is -2.09. The standard InChI is InChI=1S/C28H23F6N3O5S3/c1-15-2-4-20(24(10-15)42-19-3-5-22(38)23(39)14-19)21-6-9-44-25(21)45(40,41)36-8-7-35-26(43)37-18-12-16(27(29,30)31)11-17(13-18)28(32,33)34/h2-6,9-14,36,38-39H,7-8H2,1H3,(H2,35,37,43). The Morgan fingerprint density at radius 2 is 1.53 bits per heavy atom. The first-order chi connectivity index (χ1) is 20.9. The number of thiocarbonyl (C=S) groups is 1. The molecule has 0 aliphatic heterocycles. The Morgan fingerprint density at radius 1 is 0.867 bits per heavy atom. The predicted molar refractivity (Wildman–Crippen MR) is 160 cm³/mol. The average Bonchev–Trinajstić information content (AvgIpc) is 3.43. The van der Waals surface area contributed by atoms with Crippen molar-refractivity contribution in [1.82, 2.24) is 10.0 Å². The molecule has 1 heterocycles. The van der Waals surface area contributed by atoms with Gasteiger partial charge in [0.2, 0.25) is 0 Å². The van der Waals surface area contributed by atoms with Gasteiger partial charge in [0.1, 0.15) is 15.7 Å². The van der Waals surface area contributed by atoms with Gasteiger partial charge in [0.05, 0.1) is 11.1 Å². The summed E-state index contributed by atoms with van der Waals surface area (Å²) in [5, 5.41) is 25.4. The first-order valence-electron chi connectivity index (χ1n) is 12.7. The Morgan fingerprint density at radius 3 is 2.16 bits per heavy atom. The lowest BCUT2D eigenvalue weighted by atomic mass is 10.1. The molecular formula is C28H23F6N3O5S3. The number of phenolic OH excluding ortho intramolecular Hbond substituents is 2. The van der Waals surface area contributed by atoms with Gasteiger partial charge in [-0.3, -0.25) is 0 Å². The molecule has 0 spiro atoms. The molecule has 0 unspecified atom stereocenters. The number of hydrogen-bond donors (Lipinski definition) is 5. The number of aromatic hydroxyl groups is 2. The van der Waals surface area contributed by atoms with Gasteiger partial charge in [-0.25, -0.2) is 13.1 Å². The Kier molecular flexibility index (Phi) is 9.86. The normalized spacial score (nSPS) is 12.2. The molecule has 0 aliphatic rings. The molecular weight excluding hydrogens is 669 g/mol. The van der Waals surface area contributed by atoms with Crippen molar-refractivity contribution in [3.8, 4) is 34.1 Å². The van der Waals surface area contributed by atoms with E-state index in [9.17, 15) is 45.0 Å². The number of sulfonamides is 1. The van der Waals surface area contributed by atoms with Crippen LogP contribution < -0.4 is 20.1 Å². The van der Waals surface area contributed by atoms with Gasteiger partial charge >= 0.3 is 12.4 Å². The first kappa shape index (κ1) is 33.8. The monoisotopic (exact) mass is 691 g/mol. The number of aryl methyl sites for hydroxylation is 1. The highest BCUT2D eigenvalue weighted by atomic mass is 32.2. The molecule has 0 bridgehead atoms. The smallest absolute Gasteiger partial charge is 0.416 e. The van der Waals surface area contributed by atoms with Gasteiger partial charge in [-0.1, -0.05) is 12.1 Å². The van der Waals surface area contributed by atoms with Crippen LogP contribution in [0.15, 0.2) is 70.3 Å². The Bertz CT molecular complexity index is 1790. The fourth-order valence-corrected chi connectivity index (χ4v) is 6.63. The summed E-state index contributed by atoms with van der Waals surface area (Å²) in [6.45, 7) is 1.38. The van der Waals surface area contributed by atoms with Crippen molar-refractivity contribution < 1.29 is 49.7 Å². The molecule has 0 saturated heterocycles. The van der Waals surface area contributed by atoms with Crippen LogP contribution in [0.3, 0.4) is 0 Å². The highest BCUT2D eigenvalue weighted by molar-refractivity contribution is 7.91. The minimum absolute atomic E-state index is 0.0147. The number of halogens is 6. The summed E-state index contributed by atoms with van der Waals surface area (Å²) in [4.78, 5) is 0. The molecule has 0 saturated carbocycles. The zero-order valence-corrected chi connectivity index (χ0v) is 25.3. The molecule has 8 nitrogen and oxygen atoms in total. The van der Waals surface area contributed by atoms with Crippen LogP contribution in [0.1, 0.15) is 16.7 Å². The van der Waals surface area contributed by atoms with Crippen LogP contribution >= 0.6 is 23.6 Å². The van der Waals surface area contributed by atoms with E-state index >= 15 is 0 Å². The van der Waals surface area contributed by atoms with E-state index in [4.69, 9.17) is 17.0 Å². The minimum Gasteiger partial charge on any atom is -0.504 e. The van der Waals surface area contributed by atoms with Crippen LogP contribution in [-0.2, 0) is 22.4 Å². The van der Waals surface area contributed by atoms with Crippen LogP contribution in [0.25, 0.3) is 11.1 Å². The number of ether oxygens (including phenoxy) is 1. The zero-order valence-electron chi connectivity index (χ0n) is 22.9. The van der Waals surface area contributed by atoms with Gasteiger partial charge in [0.15, 0.2) is 16.6 Å². The highest BCUT2D eigenvalue weighted by Gasteiger charge is 2.37. The van der Waals surface area contributed by atoms with Crippen LogP contribution in [-0.4, -0.2) is 36.8 Å². The molecule has 3 aromatic carbocycles. The highest BCUT2D eigenvalue weighted by Crippen LogP contribution is 2.41. The van der Waals surface area contributed by atoms with Crippen LogP contribution in [0.2, 0.25) is 0 Å². The van der Waals surface area contributed by atoms with Crippen molar-refractivity contribution in [2.75, 3.05) is 18.4 Å². The second-order valence-electron chi connectivity index (χ2n) is 9.45. The molecule has 5 N–H and O–H groups in total. The SMILES string of the molecule is Cc1ccc(-c2ccsc2S(=O)(=O)NCCNC(=S)Nc2cc(C(F)(F)F)cc(C(F)(F)F)c2)c(Oc2ccc(O)c(O)c2)c1. The predicted octanol–water partition coefficient (Wildman–Crippen LogP) is 7.23. The Balaban J connectivity index is 1.44. The molecule has 45 heavy (non-hydrogen) atoms. The molecule has 0 fully saturated rings. The fraction of sp³-hybridized carbons (Fsp3) is 0.179. The van der Waals surface area contributed by atoms with Gasteiger partial charge < -0.3 is 25.6 Å². The van der Waals surface area contributed by atoms with Crippen molar-refractivity contribution in [2.24, 2.45) is 0 Å². The van der Waals surface area contributed by atoms with E-state index in [1.54, 1.807) is 36.6 Å². The molecule has 4 aromatic rings. The van der Waals surface area contributed by atoms with E-state index < -0.39 is 44.9 Å². The molecule has 240 valence electrons. The number of anilines is 1. The summed E-state index contributed by atoms with van der Waals surface area (Å²) in [5.74, 6) is -0.295. The van der Waals surface area contributed by atoms with E-state index in [-0.39, 0.29) is 45.7 Å². The van der Waals surface area contributed by atoms with Crippen molar-refractivity contribution in [3.63, 3.8) is 0 Å². The third-order valence-electron chi connectivity index (χ3n) is 6.02. The van der Waals surface area contributed by atoms with Crippen molar-refractivity contribution in [2.45, 2.75) is 23.5 Å². The molecule has 0 amide bonds. The van der Waals surface area contributed by atoms with E-state index in [0.29, 0.717) is 23.3 Å². The number of hydrogen-bond acceptors (Lipinski definition) is 7. The van der Waals surface area contributed by atoms with Crippen LogP contribution in [0.4, 0.5) is 32.0 Å². The summed E-state index contributed by atoms with van der Waals surface area (Å²) >= 11 is 5.90. The van der Waals surface area contributed by atoms with E-state index in [1.165, 1.54) is 18.2 Å². The summed E-state index contributed by atoms with van der Waals surface area (Å²) in [6, 6.07) is 11.4. The molecule has 17 heteroatoms.